The Morgan fingerprint density at radius 1 is 1.34 bits per heavy atom. The summed E-state index contributed by atoms with van der Waals surface area (Å²) in [5, 5.41) is 8.47. The van der Waals surface area contributed by atoms with Crippen LogP contribution in [0.25, 0.3) is 5.52 Å². The molecule has 8 nitrogen and oxygen atoms in total. The molecule has 0 radical (unpaired) electrons. The first-order valence-corrected chi connectivity index (χ1v) is 9.12. The number of hydrogen-bond acceptors (Lipinski definition) is 4. The summed E-state index contributed by atoms with van der Waals surface area (Å²) in [5.74, 6) is -0.510. The topological polar surface area (TPSA) is 84.1 Å². The third-order valence-corrected chi connectivity index (χ3v) is 5.28. The maximum absolute atomic E-state index is 13.5. The van der Waals surface area contributed by atoms with Crippen LogP contribution in [-0.2, 0) is 13.5 Å². The van der Waals surface area contributed by atoms with Crippen LogP contribution in [0.15, 0.2) is 43.0 Å². The molecule has 5 rings (SSSR count). The lowest BCUT2D eigenvalue weighted by Gasteiger charge is -2.34. The summed E-state index contributed by atoms with van der Waals surface area (Å²) >= 11 is 0. The van der Waals surface area contributed by atoms with E-state index >= 15 is 0 Å². The van der Waals surface area contributed by atoms with Crippen LogP contribution in [0.1, 0.15) is 45.6 Å². The number of nitrogens with one attached hydrogen (secondary N) is 1. The van der Waals surface area contributed by atoms with Crippen LogP contribution in [-0.4, -0.2) is 46.7 Å². The molecular formula is C19H17F2N7O. The minimum Gasteiger partial charge on any atom is -0.348 e. The van der Waals surface area contributed by atoms with Crippen molar-refractivity contribution in [2.45, 2.75) is 18.9 Å². The highest BCUT2D eigenvalue weighted by atomic mass is 19.3. The second-order valence-electron chi connectivity index (χ2n) is 6.92. The number of halogens is 2. The van der Waals surface area contributed by atoms with E-state index in [4.69, 9.17) is 0 Å². The molecule has 1 aliphatic rings. The number of nitrogens with zero attached hydrogens (tertiary/aromatic N) is 6. The maximum Gasteiger partial charge on any atom is 0.280 e. The highest BCUT2D eigenvalue weighted by Crippen LogP contribution is 2.35. The van der Waals surface area contributed by atoms with Crippen LogP contribution in [0.3, 0.4) is 0 Å². The first kappa shape index (κ1) is 17.5. The van der Waals surface area contributed by atoms with Crippen LogP contribution in [0, 0.1) is 0 Å². The predicted octanol–water partition coefficient (Wildman–Crippen LogP) is 2.52. The molecule has 1 aliphatic heterocycles. The van der Waals surface area contributed by atoms with Gasteiger partial charge in [0.05, 0.1) is 35.0 Å². The van der Waals surface area contributed by atoms with Crippen molar-refractivity contribution in [3.63, 3.8) is 0 Å². The summed E-state index contributed by atoms with van der Waals surface area (Å²) in [6.45, 7) is 0.351. The fraction of sp³-hybridized carbons (Fsp3) is 0.263. The van der Waals surface area contributed by atoms with E-state index in [9.17, 15) is 13.6 Å². The third-order valence-electron chi connectivity index (χ3n) is 5.28. The summed E-state index contributed by atoms with van der Waals surface area (Å²) < 4.78 is 29.8. The molecule has 0 aromatic carbocycles. The van der Waals surface area contributed by atoms with E-state index < -0.39 is 24.1 Å². The van der Waals surface area contributed by atoms with E-state index in [1.54, 1.807) is 15.7 Å². The average Bonchev–Trinajstić information content (AvgIpc) is 3.43. The summed E-state index contributed by atoms with van der Waals surface area (Å²) in [5.41, 5.74) is 2.59. The molecule has 5 heterocycles. The summed E-state index contributed by atoms with van der Waals surface area (Å²) in [6, 6.07) is 6.97. The second kappa shape index (κ2) is 6.50. The first-order chi connectivity index (χ1) is 14.0. The highest BCUT2D eigenvalue weighted by molar-refractivity contribution is 5.96. The number of aryl methyl sites for hydroxylation is 1. The van der Waals surface area contributed by atoms with Crippen molar-refractivity contribution in [3.05, 3.63) is 71.3 Å². The number of aromatic amines is 1. The van der Waals surface area contributed by atoms with Crippen molar-refractivity contribution in [1.82, 2.24) is 34.3 Å². The fourth-order valence-corrected chi connectivity index (χ4v) is 3.91. The Kier molecular flexibility index (Phi) is 3.93. The summed E-state index contributed by atoms with van der Waals surface area (Å²) in [7, 11) is 1.40. The zero-order valence-electron chi connectivity index (χ0n) is 15.5. The van der Waals surface area contributed by atoms with Crippen molar-refractivity contribution in [2.24, 2.45) is 7.05 Å². The second-order valence-corrected chi connectivity index (χ2v) is 6.92. The number of carbonyl (C=O) groups excluding carboxylic acids is 1. The van der Waals surface area contributed by atoms with E-state index in [1.807, 2.05) is 30.5 Å². The molecule has 29 heavy (non-hydrogen) atoms. The van der Waals surface area contributed by atoms with Gasteiger partial charge in [-0.15, -0.1) is 0 Å². The Morgan fingerprint density at radius 2 is 2.21 bits per heavy atom. The predicted molar refractivity (Wildman–Crippen MR) is 98.5 cm³/mol. The van der Waals surface area contributed by atoms with Gasteiger partial charge in [0.2, 0.25) is 0 Å². The lowest BCUT2D eigenvalue weighted by atomic mass is 9.98. The van der Waals surface area contributed by atoms with Gasteiger partial charge in [-0.2, -0.15) is 10.2 Å². The van der Waals surface area contributed by atoms with Gasteiger partial charge in [0.15, 0.2) is 0 Å². The molecule has 1 N–H and O–H groups in total. The van der Waals surface area contributed by atoms with Gasteiger partial charge in [-0.3, -0.25) is 9.48 Å². The van der Waals surface area contributed by atoms with Gasteiger partial charge < -0.3 is 9.88 Å². The zero-order valence-corrected chi connectivity index (χ0v) is 15.5. The summed E-state index contributed by atoms with van der Waals surface area (Å²) in [6.07, 6.45) is 2.34. The molecule has 4 aromatic rings. The number of pyridine rings is 1. The lowest BCUT2D eigenvalue weighted by Crippen LogP contribution is -2.41. The number of alkyl halides is 2. The smallest absolute Gasteiger partial charge is 0.280 e. The van der Waals surface area contributed by atoms with Gasteiger partial charge in [-0.25, -0.2) is 18.3 Å². The van der Waals surface area contributed by atoms with Crippen molar-refractivity contribution in [1.29, 1.82) is 0 Å². The Balaban J connectivity index is 1.63. The number of amides is 1. The summed E-state index contributed by atoms with van der Waals surface area (Å²) in [4.78, 5) is 22.4. The number of aromatic nitrogens is 6. The minimum atomic E-state index is -2.80. The number of carbonyl (C=O) groups is 1. The third kappa shape index (κ3) is 2.71. The van der Waals surface area contributed by atoms with E-state index in [0.717, 1.165) is 15.9 Å². The monoisotopic (exact) mass is 397 g/mol. The molecule has 0 fully saturated rings. The van der Waals surface area contributed by atoms with Crippen LogP contribution in [0.5, 0.6) is 0 Å². The van der Waals surface area contributed by atoms with Gasteiger partial charge >= 0.3 is 0 Å². The normalized spacial score (nSPS) is 16.6. The molecule has 1 amide bonds. The number of hydrogen-bond donors (Lipinski definition) is 1. The Morgan fingerprint density at radius 3 is 3.00 bits per heavy atom. The van der Waals surface area contributed by atoms with E-state index in [1.165, 1.54) is 13.2 Å². The van der Waals surface area contributed by atoms with Crippen molar-refractivity contribution in [2.75, 3.05) is 6.54 Å². The molecule has 0 bridgehead atoms. The quantitative estimate of drug-likeness (QED) is 0.576. The molecule has 148 valence electrons. The van der Waals surface area contributed by atoms with E-state index in [-0.39, 0.29) is 5.56 Å². The molecule has 0 saturated carbocycles. The lowest BCUT2D eigenvalue weighted by molar-refractivity contribution is 0.0673. The molecule has 0 spiro atoms. The van der Waals surface area contributed by atoms with Crippen LogP contribution < -0.4 is 0 Å². The first-order valence-electron chi connectivity index (χ1n) is 9.12. The molecule has 0 aliphatic carbocycles. The van der Waals surface area contributed by atoms with Gasteiger partial charge in [-0.1, -0.05) is 6.07 Å². The van der Waals surface area contributed by atoms with Crippen LogP contribution in [0.2, 0.25) is 0 Å². The average molecular weight is 397 g/mol. The standard InChI is InChI=1S/C19H17F2N7O/c1-26-16(18(20)21)12(9-24-26)19(29)27-7-5-13-15(23-10-22-13)17(27)14-8-11-4-2-3-6-28(11)25-14/h2-4,6,8-10,17-18H,5,7H2,1H3,(H,22,23). The molecule has 1 unspecified atom stereocenters. The molecule has 10 heteroatoms. The molecule has 4 aromatic heterocycles. The number of imidazole rings is 1. The van der Waals surface area contributed by atoms with Gasteiger partial charge in [0.1, 0.15) is 11.7 Å². The SMILES string of the molecule is Cn1ncc(C(=O)N2CCc3[nH]cnc3C2c2cc3ccccn3n2)c1C(F)F. The molecule has 1 atom stereocenters. The van der Waals surface area contributed by atoms with E-state index in [0.29, 0.717) is 24.4 Å². The van der Waals surface area contributed by atoms with E-state index in [2.05, 4.69) is 20.2 Å². The highest BCUT2D eigenvalue weighted by Gasteiger charge is 2.38. The molecular weight excluding hydrogens is 380 g/mol. The van der Waals surface area contributed by atoms with Gasteiger partial charge in [-0.05, 0) is 18.2 Å². The largest absolute Gasteiger partial charge is 0.348 e. The van der Waals surface area contributed by atoms with Crippen molar-refractivity contribution in [3.8, 4) is 0 Å². The fourth-order valence-electron chi connectivity index (χ4n) is 3.91. The number of H-pyrrole nitrogens is 1. The number of fused-ring (bicyclic) bond motifs is 2. The van der Waals surface area contributed by atoms with Crippen molar-refractivity contribution < 1.29 is 13.6 Å². The Bertz CT molecular complexity index is 1180. The Hall–Kier alpha value is -3.56. The maximum atomic E-state index is 13.5. The van der Waals surface area contributed by atoms with Crippen LogP contribution >= 0.6 is 0 Å². The van der Waals surface area contributed by atoms with Gasteiger partial charge in [0.25, 0.3) is 12.3 Å². The zero-order chi connectivity index (χ0) is 20.1. The number of rotatable bonds is 3. The molecule has 0 saturated heterocycles. The van der Waals surface area contributed by atoms with Crippen LogP contribution in [0.4, 0.5) is 8.78 Å². The minimum absolute atomic E-state index is 0.102. The van der Waals surface area contributed by atoms with Gasteiger partial charge in [0, 0.05) is 31.9 Å². The van der Waals surface area contributed by atoms with Crippen molar-refractivity contribution >= 4 is 11.4 Å². The Labute approximate surface area is 163 Å².